The smallest absolute Gasteiger partial charge is 0.265 e. The van der Waals surface area contributed by atoms with E-state index in [1.165, 1.54) is 29.8 Å². The molecule has 7 heteroatoms. The number of halogens is 1. The molecular formula is C28H40ClNO4S. The van der Waals surface area contributed by atoms with E-state index in [9.17, 15) is 13.2 Å². The third-order valence-corrected chi connectivity index (χ3v) is 8.41. The molecule has 0 spiro atoms. The normalized spacial score (nSPS) is 13.4. The molecule has 1 amide bonds. The van der Waals surface area contributed by atoms with Crippen molar-refractivity contribution < 1.29 is 17.9 Å². The largest absolute Gasteiger partial charge is 0.480 e. The molecule has 5 nitrogen and oxygen atoms in total. The lowest BCUT2D eigenvalue weighted by Crippen LogP contribution is -2.34. The Morgan fingerprint density at radius 1 is 0.971 bits per heavy atom. The van der Waals surface area contributed by atoms with Gasteiger partial charge >= 0.3 is 0 Å². The Bertz CT molecular complexity index is 1110. The van der Waals surface area contributed by atoms with E-state index in [-0.39, 0.29) is 21.6 Å². The number of hydrogen-bond acceptors (Lipinski definition) is 4. The van der Waals surface area contributed by atoms with E-state index >= 15 is 0 Å². The summed E-state index contributed by atoms with van der Waals surface area (Å²) in [7, 11) is 1.57. The summed E-state index contributed by atoms with van der Waals surface area (Å²) in [5.74, 6) is 0.463. The van der Waals surface area contributed by atoms with E-state index in [4.69, 9.17) is 15.4 Å². The summed E-state index contributed by atoms with van der Waals surface area (Å²) in [6.45, 7) is 15.3. The molecule has 1 atom stereocenters. The van der Waals surface area contributed by atoms with Crippen molar-refractivity contribution in [3.63, 3.8) is 0 Å². The fraction of sp³-hybridized carbons (Fsp3) is 0.536. The lowest BCUT2D eigenvalue weighted by molar-refractivity contribution is -0.123. The second-order valence-electron chi connectivity index (χ2n) is 10.4. The van der Waals surface area contributed by atoms with Crippen LogP contribution in [0.15, 0.2) is 47.4 Å². The molecule has 2 aromatic rings. The maximum absolute atomic E-state index is 13.2. The zero-order chi connectivity index (χ0) is 26.4. The van der Waals surface area contributed by atoms with Gasteiger partial charge in [-0.3, -0.25) is 4.79 Å². The molecule has 2 aromatic carbocycles. The number of unbranched alkanes of at least 4 members (excludes halogenated alkanes) is 1. The van der Waals surface area contributed by atoms with E-state index in [1.807, 2.05) is 6.07 Å². The van der Waals surface area contributed by atoms with Crippen molar-refractivity contribution in [2.24, 2.45) is 0 Å². The number of hydrogen-bond donors (Lipinski definition) is 1. The highest BCUT2D eigenvalue weighted by molar-refractivity contribution is 8.13. The van der Waals surface area contributed by atoms with Crippen LogP contribution in [0.25, 0.3) is 0 Å². The summed E-state index contributed by atoms with van der Waals surface area (Å²) < 4.78 is 29.4. The minimum Gasteiger partial charge on any atom is -0.480 e. The summed E-state index contributed by atoms with van der Waals surface area (Å²) in [4.78, 5) is 13.2. The summed E-state index contributed by atoms with van der Waals surface area (Å²) in [6.07, 6.45) is 3.63. The Kier molecular flexibility index (Phi) is 9.83. The van der Waals surface area contributed by atoms with E-state index in [2.05, 4.69) is 65.9 Å². The molecular weight excluding hydrogens is 482 g/mol. The zero-order valence-electron chi connectivity index (χ0n) is 22.1. The van der Waals surface area contributed by atoms with Crippen molar-refractivity contribution in [2.45, 2.75) is 102 Å². The van der Waals surface area contributed by atoms with E-state index in [0.717, 1.165) is 37.0 Å². The topological polar surface area (TPSA) is 72.5 Å². The highest BCUT2D eigenvalue weighted by Crippen LogP contribution is 2.39. The number of nitrogens with one attached hydrogen (secondary N) is 1. The molecule has 1 unspecified atom stereocenters. The van der Waals surface area contributed by atoms with Gasteiger partial charge in [0.2, 0.25) is 0 Å². The van der Waals surface area contributed by atoms with Crippen LogP contribution in [0.5, 0.6) is 5.75 Å². The summed E-state index contributed by atoms with van der Waals surface area (Å²) >= 11 is 0. The number of carbonyl (C=O) groups excluding carboxylic acids is 1. The second-order valence-corrected chi connectivity index (χ2v) is 13.0. The van der Waals surface area contributed by atoms with Gasteiger partial charge in [0.25, 0.3) is 15.0 Å². The minimum atomic E-state index is -3.82. The number of anilines is 1. The Labute approximate surface area is 216 Å². The Hall–Kier alpha value is -2.05. The van der Waals surface area contributed by atoms with Crippen molar-refractivity contribution in [2.75, 3.05) is 5.32 Å². The highest BCUT2D eigenvalue weighted by atomic mass is 35.7. The van der Waals surface area contributed by atoms with E-state index in [0.29, 0.717) is 12.1 Å². The molecule has 0 saturated carbocycles. The fourth-order valence-corrected chi connectivity index (χ4v) is 4.46. The molecule has 35 heavy (non-hydrogen) atoms. The average Bonchev–Trinajstić information content (AvgIpc) is 2.81. The molecule has 0 aliphatic heterocycles. The first-order valence-electron chi connectivity index (χ1n) is 12.4. The van der Waals surface area contributed by atoms with Gasteiger partial charge in [-0.15, -0.1) is 0 Å². The van der Waals surface area contributed by atoms with Crippen molar-refractivity contribution in [3.8, 4) is 5.75 Å². The monoisotopic (exact) mass is 521 g/mol. The first-order valence-corrected chi connectivity index (χ1v) is 14.7. The molecule has 2 rings (SSSR count). The summed E-state index contributed by atoms with van der Waals surface area (Å²) in [5.41, 5.74) is 2.76. The van der Waals surface area contributed by atoms with Gasteiger partial charge in [0.05, 0.1) is 4.90 Å². The van der Waals surface area contributed by atoms with Crippen molar-refractivity contribution in [1.82, 2.24) is 0 Å². The number of benzene rings is 2. The summed E-state index contributed by atoms with van der Waals surface area (Å²) in [5, 5.41) is 2.86. The van der Waals surface area contributed by atoms with Crippen LogP contribution in [0.4, 0.5) is 5.69 Å². The van der Waals surface area contributed by atoms with Crippen LogP contribution in [0.3, 0.4) is 0 Å². The standard InChI is InChI=1S/C28H40ClNO4S/c1-8-11-12-25(26(31)30-21-14-16-22(17-15-21)35(29,32)33)34-24-18-13-20(27(4,5)9-2)19-23(24)28(6,7)10-3/h13-19,25H,8-12H2,1-7H3,(H,30,31). The third kappa shape index (κ3) is 7.71. The van der Waals surface area contributed by atoms with Crippen molar-refractivity contribution in [1.29, 1.82) is 0 Å². The maximum atomic E-state index is 13.2. The Morgan fingerprint density at radius 2 is 1.57 bits per heavy atom. The predicted octanol–water partition coefficient (Wildman–Crippen LogP) is 7.57. The van der Waals surface area contributed by atoms with Gasteiger partial charge in [0.15, 0.2) is 6.10 Å². The minimum absolute atomic E-state index is 0.0162. The van der Waals surface area contributed by atoms with E-state index < -0.39 is 15.2 Å². The van der Waals surface area contributed by atoms with Gasteiger partial charge < -0.3 is 10.1 Å². The van der Waals surface area contributed by atoms with Crippen molar-refractivity contribution in [3.05, 3.63) is 53.6 Å². The van der Waals surface area contributed by atoms with Gasteiger partial charge in [-0.2, -0.15) is 0 Å². The first-order chi connectivity index (χ1) is 16.2. The maximum Gasteiger partial charge on any atom is 0.265 e. The van der Waals surface area contributed by atoms with Crippen molar-refractivity contribution >= 4 is 31.3 Å². The van der Waals surface area contributed by atoms with Gasteiger partial charge in [-0.25, -0.2) is 8.42 Å². The lowest BCUT2D eigenvalue weighted by atomic mass is 9.76. The fourth-order valence-electron chi connectivity index (χ4n) is 3.69. The first kappa shape index (κ1) is 29.2. The van der Waals surface area contributed by atoms with Gasteiger partial charge in [-0.1, -0.05) is 67.0 Å². The molecule has 0 bridgehead atoms. The third-order valence-electron chi connectivity index (χ3n) is 7.04. The molecule has 0 fully saturated rings. The van der Waals surface area contributed by atoms with Gasteiger partial charge in [0, 0.05) is 21.9 Å². The second kappa shape index (κ2) is 11.8. The number of rotatable bonds is 12. The molecule has 0 aliphatic rings. The van der Waals surface area contributed by atoms with Gasteiger partial charge in [-0.05, 0) is 72.4 Å². The van der Waals surface area contributed by atoms with Gasteiger partial charge in [0.1, 0.15) is 5.75 Å². The van der Waals surface area contributed by atoms with Crippen LogP contribution in [0.2, 0.25) is 0 Å². The molecule has 1 N–H and O–H groups in total. The van der Waals surface area contributed by atoms with Crippen LogP contribution in [0.1, 0.15) is 91.7 Å². The number of ether oxygens (including phenoxy) is 1. The molecule has 0 aromatic heterocycles. The number of carbonyl (C=O) groups is 1. The SMILES string of the molecule is CCCCC(Oc1ccc(C(C)(C)CC)cc1C(C)(C)CC)C(=O)Nc1ccc(S(=O)(=O)Cl)cc1. The van der Waals surface area contributed by atoms with Crippen LogP contribution in [-0.4, -0.2) is 20.4 Å². The summed E-state index contributed by atoms with van der Waals surface area (Å²) in [6, 6.07) is 12.1. The highest BCUT2D eigenvalue weighted by Gasteiger charge is 2.29. The molecule has 0 aliphatic carbocycles. The van der Waals surface area contributed by atoms with E-state index in [1.54, 1.807) is 0 Å². The zero-order valence-corrected chi connectivity index (χ0v) is 23.6. The molecule has 0 heterocycles. The average molecular weight is 522 g/mol. The van der Waals surface area contributed by atoms with Crippen LogP contribution in [-0.2, 0) is 24.7 Å². The molecule has 194 valence electrons. The Balaban J connectivity index is 2.38. The Morgan fingerprint density at radius 3 is 2.09 bits per heavy atom. The van der Waals surface area contributed by atoms with Crippen LogP contribution < -0.4 is 10.1 Å². The molecule has 0 radical (unpaired) electrons. The quantitative estimate of drug-likeness (QED) is 0.292. The molecule has 0 saturated heterocycles. The van der Waals surface area contributed by atoms with Crippen LogP contribution >= 0.6 is 10.7 Å². The van der Waals surface area contributed by atoms with Crippen LogP contribution in [0, 0.1) is 0 Å². The lowest BCUT2D eigenvalue weighted by Gasteiger charge is -2.31. The predicted molar refractivity (Wildman–Crippen MR) is 145 cm³/mol. The number of amides is 1.